The maximum Gasteiger partial charge on any atom is 0.278 e. The molecule has 1 fully saturated rings. The van der Waals surface area contributed by atoms with E-state index in [1.54, 1.807) is 6.07 Å². The highest BCUT2D eigenvalue weighted by atomic mass is 35.5. The van der Waals surface area contributed by atoms with E-state index >= 15 is 0 Å². The number of amides is 1. The number of carbonyl (C=O) groups excluding carboxylic acids is 1. The van der Waals surface area contributed by atoms with Crippen molar-refractivity contribution in [1.29, 1.82) is 0 Å². The molecule has 0 saturated carbocycles. The summed E-state index contributed by atoms with van der Waals surface area (Å²) in [5.41, 5.74) is 0. The van der Waals surface area contributed by atoms with Gasteiger partial charge in [-0.15, -0.1) is 0 Å². The summed E-state index contributed by atoms with van der Waals surface area (Å²) in [6.45, 7) is 6.13. The summed E-state index contributed by atoms with van der Waals surface area (Å²) in [5, 5.41) is 3.28. The maximum atomic E-state index is 12.8. The summed E-state index contributed by atoms with van der Waals surface area (Å²) < 4.78 is 26.9. The average Bonchev–Trinajstić information content (AvgIpc) is 2.56. The van der Waals surface area contributed by atoms with Crippen molar-refractivity contribution in [3.63, 3.8) is 0 Å². The van der Waals surface area contributed by atoms with Crippen molar-refractivity contribution in [2.45, 2.75) is 24.8 Å². The van der Waals surface area contributed by atoms with Crippen LogP contribution in [0.2, 0.25) is 10.0 Å². The minimum Gasteiger partial charge on any atom is -0.351 e. The van der Waals surface area contributed by atoms with Gasteiger partial charge < -0.3 is 10.2 Å². The monoisotopic (exact) mass is 394 g/mol. The van der Waals surface area contributed by atoms with Crippen LogP contribution in [0.3, 0.4) is 0 Å². The van der Waals surface area contributed by atoms with Gasteiger partial charge in [0.25, 0.3) is 5.91 Å². The van der Waals surface area contributed by atoms with Crippen molar-refractivity contribution < 1.29 is 18.1 Å². The van der Waals surface area contributed by atoms with Gasteiger partial charge in [0.15, 0.2) is 6.04 Å². The molecule has 134 valence electrons. The molecule has 0 unspecified atom stereocenters. The molecule has 0 aliphatic carbocycles. The van der Waals surface area contributed by atoms with E-state index in [4.69, 9.17) is 23.2 Å². The molecule has 24 heavy (non-hydrogen) atoms. The smallest absolute Gasteiger partial charge is 0.278 e. The normalized spacial score (nSPS) is 18.3. The molecule has 1 aromatic carbocycles. The van der Waals surface area contributed by atoms with Crippen molar-refractivity contribution in [1.82, 2.24) is 9.62 Å². The Morgan fingerprint density at radius 1 is 1.33 bits per heavy atom. The summed E-state index contributed by atoms with van der Waals surface area (Å²) >= 11 is 11.9. The fourth-order valence-corrected chi connectivity index (χ4v) is 4.95. The van der Waals surface area contributed by atoms with Gasteiger partial charge in [-0.05, 0) is 32.0 Å². The van der Waals surface area contributed by atoms with E-state index in [1.165, 1.54) is 16.4 Å². The second-order valence-corrected chi connectivity index (χ2v) is 8.50. The van der Waals surface area contributed by atoms with Crippen LogP contribution in [0.1, 0.15) is 13.8 Å². The van der Waals surface area contributed by atoms with Gasteiger partial charge in [0.05, 0.1) is 31.2 Å². The summed E-state index contributed by atoms with van der Waals surface area (Å²) in [6, 6.07) is 4.20. The molecule has 0 radical (unpaired) electrons. The van der Waals surface area contributed by atoms with Crippen LogP contribution in [0.25, 0.3) is 0 Å². The van der Waals surface area contributed by atoms with Crippen LogP contribution < -0.4 is 10.2 Å². The first-order valence-electron chi connectivity index (χ1n) is 7.85. The first-order valence-corrected chi connectivity index (χ1v) is 10.0. The lowest BCUT2D eigenvalue weighted by Gasteiger charge is -2.34. The van der Waals surface area contributed by atoms with Gasteiger partial charge >= 0.3 is 0 Å². The third-order valence-corrected chi connectivity index (χ3v) is 6.85. The zero-order chi connectivity index (χ0) is 17.9. The number of quaternary nitrogens is 1. The maximum absolute atomic E-state index is 12.8. The van der Waals surface area contributed by atoms with Crippen molar-refractivity contribution in [2.75, 3.05) is 32.7 Å². The molecule has 2 N–H and O–H groups in total. The van der Waals surface area contributed by atoms with Crippen LogP contribution in [-0.2, 0) is 14.8 Å². The van der Waals surface area contributed by atoms with Crippen molar-refractivity contribution >= 4 is 39.1 Å². The minimum absolute atomic E-state index is 0.0123. The molecule has 0 aromatic heterocycles. The zero-order valence-corrected chi connectivity index (χ0v) is 16.0. The Morgan fingerprint density at radius 2 is 1.96 bits per heavy atom. The van der Waals surface area contributed by atoms with E-state index in [-0.39, 0.29) is 21.9 Å². The Morgan fingerprint density at radius 3 is 2.54 bits per heavy atom. The van der Waals surface area contributed by atoms with Crippen LogP contribution >= 0.6 is 23.2 Å². The van der Waals surface area contributed by atoms with Crippen molar-refractivity contribution in [2.24, 2.45) is 0 Å². The topological polar surface area (TPSA) is 70.9 Å². The average molecular weight is 395 g/mol. The van der Waals surface area contributed by atoms with Gasteiger partial charge in [0.1, 0.15) is 4.90 Å². The molecule has 9 heteroatoms. The second kappa shape index (κ2) is 8.01. The van der Waals surface area contributed by atoms with Gasteiger partial charge in [0.2, 0.25) is 10.0 Å². The van der Waals surface area contributed by atoms with E-state index in [1.807, 2.05) is 13.8 Å². The summed E-state index contributed by atoms with van der Waals surface area (Å²) in [6.07, 6.45) is 0. The molecular formula is C15H22Cl2N3O3S+. The van der Waals surface area contributed by atoms with E-state index in [2.05, 4.69) is 5.32 Å². The zero-order valence-electron chi connectivity index (χ0n) is 13.7. The third kappa shape index (κ3) is 4.21. The fraction of sp³-hybridized carbons (Fsp3) is 0.533. The number of hydrogen-bond acceptors (Lipinski definition) is 3. The molecule has 1 heterocycles. The minimum atomic E-state index is -3.69. The van der Waals surface area contributed by atoms with Gasteiger partial charge in [-0.1, -0.05) is 23.2 Å². The molecule has 0 bridgehead atoms. The van der Waals surface area contributed by atoms with E-state index < -0.39 is 10.0 Å². The quantitative estimate of drug-likeness (QED) is 0.759. The molecule has 6 nitrogen and oxygen atoms in total. The van der Waals surface area contributed by atoms with Gasteiger partial charge in [-0.25, -0.2) is 8.42 Å². The van der Waals surface area contributed by atoms with Crippen LogP contribution in [0.5, 0.6) is 0 Å². The van der Waals surface area contributed by atoms with Crippen LogP contribution in [0, 0.1) is 0 Å². The Bertz CT molecular complexity index is 704. The Labute approximate surface area is 152 Å². The fourth-order valence-electron chi connectivity index (χ4n) is 2.77. The number of halogens is 2. The standard InChI is InChI=1S/C15H21Cl2N3O3S/c1-3-18-15(21)11(2)19-6-8-20(9-7-19)24(22,23)14-10-12(16)4-5-13(14)17/h4-5,10-11H,3,6-9H2,1-2H3,(H,18,21)/p+1/t11-/m1/s1. The van der Waals surface area contributed by atoms with E-state index in [9.17, 15) is 13.2 Å². The van der Waals surface area contributed by atoms with Gasteiger partial charge in [0, 0.05) is 11.6 Å². The van der Waals surface area contributed by atoms with Crippen molar-refractivity contribution in [3.05, 3.63) is 28.2 Å². The number of hydrogen-bond donors (Lipinski definition) is 2. The molecule has 1 saturated heterocycles. The second-order valence-electron chi connectivity index (χ2n) is 5.75. The highest BCUT2D eigenvalue weighted by Gasteiger charge is 2.35. The van der Waals surface area contributed by atoms with Crippen LogP contribution in [0.15, 0.2) is 23.1 Å². The highest BCUT2D eigenvalue weighted by molar-refractivity contribution is 7.89. The predicted molar refractivity (Wildman–Crippen MR) is 94.1 cm³/mol. The SMILES string of the molecule is CCNC(=O)[C@@H](C)[NH+]1CCN(S(=O)(=O)c2cc(Cl)ccc2Cl)CC1. The molecule has 1 aliphatic rings. The highest BCUT2D eigenvalue weighted by Crippen LogP contribution is 2.27. The van der Waals surface area contributed by atoms with Crippen molar-refractivity contribution in [3.8, 4) is 0 Å². The predicted octanol–water partition coefficient (Wildman–Crippen LogP) is 0.407. The third-order valence-electron chi connectivity index (χ3n) is 4.23. The largest absolute Gasteiger partial charge is 0.351 e. The molecule has 0 spiro atoms. The number of likely N-dealkylation sites (N-methyl/N-ethyl adjacent to an activating group) is 1. The number of piperazine rings is 1. The Balaban J connectivity index is 2.08. The molecule has 1 aliphatic heterocycles. The Kier molecular flexibility index (Phi) is 6.50. The molecule has 1 atom stereocenters. The lowest BCUT2D eigenvalue weighted by Crippen LogP contribution is -3.19. The lowest BCUT2D eigenvalue weighted by atomic mass is 10.2. The number of nitrogens with zero attached hydrogens (tertiary/aromatic N) is 1. The summed E-state index contributed by atoms with van der Waals surface area (Å²) in [5.74, 6) is -0.0123. The van der Waals surface area contributed by atoms with E-state index in [0.717, 1.165) is 4.90 Å². The number of sulfonamides is 1. The van der Waals surface area contributed by atoms with Gasteiger partial charge in [-0.3, -0.25) is 4.79 Å². The Hall–Kier alpha value is -0.860. The summed E-state index contributed by atoms with van der Waals surface area (Å²) in [7, 11) is -3.69. The van der Waals surface area contributed by atoms with Crippen LogP contribution in [0.4, 0.5) is 0 Å². The first kappa shape index (κ1) is 19.5. The molecular weight excluding hydrogens is 373 g/mol. The first-order chi connectivity index (χ1) is 11.3. The summed E-state index contributed by atoms with van der Waals surface area (Å²) in [4.78, 5) is 13.0. The number of benzene rings is 1. The molecule has 1 aromatic rings. The van der Waals surface area contributed by atoms with E-state index in [0.29, 0.717) is 37.7 Å². The molecule has 1 amide bonds. The number of nitrogens with one attached hydrogen (secondary N) is 2. The number of carbonyl (C=O) groups is 1. The van der Waals surface area contributed by atoms with Crippen LogP contribution in [-0.4, -0.2) is 57.4 Å². The van der Waals surface area contributed by atoms with Gasteiger partial charge in [-0.2, -0.15) is 4.31 Å². The molecule has 2 rings (SSSR count). The number of rotatable bonds is 5. The lowest BCUT2D eigenvalue weighted by molar-refractivity contribution is -0.917.